The van der Waals surface area contributed by atoms with Gasteiger partial charge in [-0.25, -0.2) is 4.98 Å². The van der Waals surface area contributed by atoms with Crippen molar-refractivity contribution in [2.45, 2.75) is 44.7 Å². The quantitative estimate of drug-likeness (QED) is 0.636. The summed E-state index contributed by atoms with van der Waals surface area (Å²) in [7, 11) is 0. The average molecular weight is 355 g/mol. The summed E-state index contributed by atoms with van der Waals surface area (Å²) in [4.78, 5) is 14.2. The maximum atomic E-state index is 9.39. The Bertz CT molecular complexity index is 1060. The number of fused-ring (bicyclic) bond motifs is 2. The number of aromatic amines is 1. The van der Waals surface area contributed by atoms with Gasteiger partial charge in [-0.15, -0.1) is 0 Å². The van der Waals surface area contributed by atoms with Crippen molar-refractivity contribution in [3.8, 4) is 0 Å². The summed E-state index contributed by atoms with van der Waals surface area (Å²) in [5, 5.41) is 0. The minimum atomic E-state index is -1.00. The molecule has 1 aliphatic carbocycles. The molecule has 5 nitrogen and oxygen atoms in total. The van der Waals surface area contributed by atoms with E-state index < -0.39 is 6.02 Å². The van der Waals surface area contributed by atoms with E-state index in [2.05, 4.69) is 15.0 Å². The van der Waals surface area contributed by atoms with Gasteiger partial charge >= 0.3 is 0 Å². The summed E-state index contributed by atoms with van der Waals surface area (Å²) in [6.07, 6.45) is 5.88. The Morgan fingerprint density at radius 1 is 1.35 bits per heavy atom. The highest BCUT2D eigenvalue weighted by atomic mass is 15.2. The van der Waals surface area contributed by atoms with Crippen molar-refractivity contribution in [3.05, 3.63) is 59.6 Å². The summed E-state index contributed by atoms with van der Waals surface area (Å²) >= 11 is 0. The summed E-state index contributed by atoms with van der Waals surface area (Å²) in [6, 6.07) is 2.08. The summed E-state index contributed by atoms with van der Waals surface area (Å²) < 4.78 is 41.5. The Hall–Kier alpha value is -2.24. The zero-order valence-electron chi connectivity index (χ0n) is 19.8. The number of para-hydroxylation sites is 2. The lowest BCUT2D eigenvalue weighted by molar-refractivity contribution is 0.159. The van der Waals surface area contributed by atoms with Crippen LogP contribution in [0, 0.1) is 0 Å². The topological polar surface area (TPSA) is 70.8 Å². The van der Waals surface area contributed by atoms with Gasteiger partial charge in [-0.2, -0.15) is 0 Å². The largest absolute Gasteiger partial charge is 0.341 e. The molecular weight excluding hydrogens is 322 g/mol. The van der Waals surface area contributed by atoms with Gasteiger partial charge in [0.25, 0.3) is 0 Å². The molecule has 3 aromatic rings. The van der Waals surface area contributed by atoms with Crippen molar-refractivity contribution in [1.82, 2.24) is 19.9 Å². The van der Waals surface area contributed by atoms with Crippen LogP contribution < -0.4 is 5.73 Å². The highest BCUT2D eigenvalue weighted by Crippen LogP contribution is 2.33. The van der Waals surface area contributed by atoms with E-state index >= 15 is 0 Å². The molecule has 1 atom stereocenters. The first kappa shape index (κ1) is 12.2. The van der Waals surface area contributed by atoms with Crippen molar-refractivity contribution in [2.75, 3.05) is 13.1 Å². The third-order valence-electron chi connectivity index (χ3n) is 4.81. The molecule has 0 saturated heterocycles. The van der Waals surface area contributed by atoms with E-state index in [9.17, 15) is 1.37 Å². The lowest BCUT2D eigenvalue weighted by atomic mass is 9.90. The monoisotopic (exact) mass is 354 g/mol. The van der Waals surface area contributed by atoms with E-state index in [0.29, 0.717) is 37.4 Å². The fourth-order valence-electron chi connectivity index (χ4n) is 3.57. The number of nitrogens with zero attached hydrogens (tertiary/aromatic N) is 3. The number of hydrogen-bond donors (Lipinski definition) is 2. The van der Waals surface area contributed by atoms with E-state index in [4.69, 9.17) is 11.2 Å². The molecule has 3 N–H and O–H groups in total. The number of benzene rings is 1. The molecule has 136 valence electrons. The summed E-state index contributed by atoms with van der Waals surface area (Å²) in [6.45, 7) is 1.54. The molecule has 0 radical (unpaired) electrons. The van der Waals surface area contributed by atoms with Gasteiger partial charge in [0.1, 0.15) is 5.82 Å². The molecule has 0 saturated carbocycles. The Morgan fingerprint density at radius 2 is 2.27 bits per heavy atom. The lowest BCUT2D eigenvalue weighted by Gasteiger charge is -2.34. The van der Waals surface area contributed by atoms with Gasteiger partial charge in [0.05, 0.1) is 36.1 Å². The minimum Gasteiger partial charge on any atom is -0.341 e. The van der Waals surface area contributed by atoms with Crippen LogP contribution in [0.25, 0.3) is 11.0 Å². The van der Waals surface area contributed by atoms with Gasteiger partial charge in [-0.1, -0.05) is 18.2 Å². The number of hydrogen-bond acceptors (Lipinski definition) is 4. The normalized spacial score (nSPS) is 22.5. The second-order valence-corrected chi connectivity index (χ2v) is 6.64. The van der Waals surface area contributed by atoms with E-state index in [0.717, 1.165) is 36.9 Å². The highest BCUT2D eigenvalue weighted by molar-refractivity contribution is 5.74. The zero-order valence-corrected chi connectivity index (χ0v) is 14.8. The molecule has 0 bridgehead atoms. The number of unbranched alkanes of at least 4 members (excludes halogenated alkanes) is 1. The first-order valence-electron chi connectivity index (χ1n) is 11.7. The number of pyridine rings is 1. The molecular formula is C21H27N5. The second-order valence-electron chi connectivity index (χ2n) is 6.64. The molecule has 1 aromatic carbocycles. The maximum absolute atomic E-state index is 9.39. The fraction of sp³-hybridized carbons (Fsp3) is 0.429. The number of H-pyrrole nitrogens is 1. The van der Waals surface area contributed by atoms with Crippen molar-refractivity contribution in [1.29, 1.82) is 0 Å². The van der Waals surface area contributed by atoms with E-state index in [1.54, 1.807) is 6.20 Å². The van der Waals surface area contributed by atoms with Crippen molar-refractivity contribution in [3.63, 3.8) is 0 Å². The summed E-state index contributed by atoms with van der Waals surface area (Å²) in [5.41, 5.74) is 8.08. The maximum Gasteiger partial charge on any atom is 0.121 e. The molecule has 2 heterocycles. The number of nitrogens with two attached hydrogens (primary N) is 1. The van der Waals surface area contributed by atoms with E-state index in [1.807, 2.05) is 17.0 Å². The Labute approximate surface area is 161 Å². The predicted molar refractivity (Wildman–Crippen MR) is 105 cm³/mol. The van der Waals surface area contributed by atoms with Gasteiger partial charge in [0.2, 0.25) is 0 Å². The van der Waals surface area contributed by atoms with Crippen LogP contribution in [-0.2, 0) is 13.0 Å². The van der Waals surface area contributed by atoms with E-state index in [-0.39, 0.29) is 29.7 Å². The fourth-order valence-corrected chi connectivity index (χ4v) is 3.57. The Balaban J connectivity index is 1.73. The molecule has 0 spiro atoms. The first-order valence-corrected chi connectivity index (χ1v) is 9.21. The third kappa shape index (κ3) is 3.64. The smallest absolute Gasteiger partial charge is 0.121 e. The van der Waals surface area contributed by atoms with Crippen molar-refractivity contribution < 1.29 is 6.85 Å². The van der Waals surface area contributed by atoms with Gasteiger partial charge in [0.15, 0.2) is 0 Å². The molecule has 0 aliphatic heterocycles. The van der Waals surface area contributed by atoms with Gasteiger partial charge in [-0.3, -0.25) is 9.88 Å². The van der Waals surface area contributed by atoms with Crippen LogP contribution in [0.1, 0.15) is 55.6 Å². The van der Waals surface area contributed by atoms with Gasteiger partial charge < -0.3 is 10.7 Å². The molecule has 4 rings (SSSR count). The second kappa shape index (κ2) is 7.98. The predicted octanol–water partition coefficient (Wildman–Crippen LogP) is 3.58. The molecule has 1 aliphatic rings. The third-order valence-corrected chi connectivity index (χ3v) is 4.81. The number of rotatable bonds is 7. The number of aromatic nitrogens is 3. The minimum absolute atomic E-state index is 0.130. The van der Waals surface area contributed by atoms with Crippen LogP contribution >= 0.6 is 0 Å². The molecule has 5 heteroatoms. The summed E-state index contributed by atoms with van der Waals surface area (Å²) in [5.74, 6) is 0.518. The van der Waals surface area contributed by atoms with Crippen LogP contribution in [0.2, 0.25) is 0 Å². The van der Waals surface area contributed by atoms with Crippen LogP contribution in [-0.4, -0.2) is 32.9 Å². The molecule has 0 unspecified atom stereocenters. The SMILES string of the molecule is [2H]c1c([2H])c([2H])c2[nH]c(CN(CCCCN)[C@@]3([2H])CCCc4cccnc43)nc2c1[2H]. The van der Waals surface area contributed by atoms with Gasteiger partial charge in [0, 0.05) is 6.20 Å². The van der Waals surface area contributed by atoms with Crippen LogP contribution in [0.4, 0.5) is 0 Å². The van der Waals surface area contributed by atoms with Crippen LogP contribution in [0.15, 0.2) is 42.5 Å². The molecule has 0 fully saturated rings. The Kier molecular flexibility index (Phi) is 3.74. The molecule has 2 aromatic heterocycles. The lowest BCUT2D eigenvalue weighted by Crippen LogP contribution is -2.33. The van der Waals surface area contributed by atoms with Crippen LogP contribution in [0.5, 0.6) is 0 Å². The standard InChI is InChI=1S/C21H27N5/c22-12-3-4-14-26(15-20-24-17-9-1-2-10-18(17)25-20)19-11-5-7-16-8-6-13-23-21(16)19/h1-2,6,8-10,13,19H,3-5,7,11-12,14-15,22H2,(H,24,25)/t19-/m0/s1/i1D,2D,9D,10D,19D. The van der Waals surface area contributed by atoms with Crippen molar-refractivity contribution in [2.24, 2.45) is 5.73 Å². The number of aryl methyl sites for hydroxylation is 1. The molecule has 0 amide bonds. The van der Waals surface area contributed by atoms with Crippen molar-refractivity contribution >= 4 is 11.0 Å². The van der Waals surface area contributed by atoms with E-state index in [1.165, 1.54) is 0 Å². The van der Waals surface area contributed by atoms with Crippen LogP contribution in [0.3, 0.4) is 0 Å². The Morgan fingerprint density at radius 3 is 3.19 bits per heavy atom. The zero-order chi connectivity index (χ0) is 22.2. The number of nitrogens with one attached hydrogen (secondary N) is 1. The average Bonchev–Trinajstić information content (AvgIpc) is 3.20. The molecule has 26 heavy (non-hydrogen) atoms. The number of imidazole rings is 1. The highest BCUT2D eigenvalue weighted by Gasteiger charge is 2.27. The first-order chi connectivity index (χ1) is 14.9. The van der Waals surface area contributed by atoms with Gasteiger partial charge in [-0.05, 0) is 68.9 Å².